The first-order valence-corrected chi connectivity index (χ1v) is 7.15. The lowest BCUT2D eigenvalue weighted by atomic mass is 10.2. The molecule has 1 fully saturated rings. The van der Waals surface area contributed by atoms with Gasteiger partial charge < -0.3 is 5.32 Å². The summed E-state index contributed by atoms with van der Waals surface area (Å²) in [6.07, 6.45) is 1.88. The van der Waals surface area contributed by atoms with Gasteiger partial charge >= 0.3 is 0 Å². The zero-order valence-corrected chi connectivity index (χ0v) is 11.7. The van der Waals surface area contributed by atoms with Crippen molar-refractivity contribution in [1.29, 1.82) is 0 Å². The number of rotatable bonds is 4. The Morgan fingerprint density at radius 3 is 2.68 bits per heavy atom. The van der Waals surface area contributed by atoms with E-state index in [1.54, 1.807) is 0 Å². The van der Waals surface area contributed by atoms with Crippen molar-refractivity contribution >= 4 is 22.4 Å². The molecule has 19 heavy (non-hydrogen) atoms. The number of benzene rings is 1. The van der Waals surface area contributed by atoms with Crippen LogP contribution >= 0.6 is 12.4 Å². The molecule has 2 rings (SSSR count). The van der Waals surface area contributed by atoms with Crippen molar-refractivity contribution in [3.8, 4) is 0 Å². The van der Waals surface area contributed by atoms with Gasteiger partial charge in [-0.2, -0.15) is 0 Å². The van der Waals surface area contributed by atoms with Gasteiger partial charge in [-0.1, -0.05) is 0 Å². The van der Waals surface area contributed by atoms with Crippen molar-refractivity contribution in [3.63, 3.8) is 0 Å². The summed E-state index contributed by atoms with van der Waals surface area (Å²) in [5.74, 6) is -1.88. The number of sulfonamides is 1. The summed E-state index contributed by atoms with van der Waals surface area (Å²) in [5, 5.41) is 3.12. The van der Waals surface area contributed by atoms with Gasteiger partial charge in [0.2, 0.25) is 10.0 Å². The molecule has 1 heterocycles. The predicted octanol–water partition coefficient (Wildman–Crippen LogP) is 1.42. The van der Waals surface area contributed by atoms with E-state index in [1.807, 2.05) is 0 Å². The van der Waals surface area contributed by atoms with Crippen LogP contribution in [0.4, 0.5) is 8.78 Å². The highest BCUT2D eigenvalue weighted by Crippen LogP contribution is 2.15. The molecule has 1 saturated heterocycles. The Kier molecular flexibility index (Phi) is 5.66. The third kappa shape index (κ3) is 4.10. The fraction of sp³-hybridized carbons (Fsp3) is 0.455. The van der Waals surface area contributed by atoms with E-state index >= 15 is 0 Å². The van der Waals surface area contributed by atoms with E-state index in [1.165, 1.54) is 0 Å². The summed E-state index contributed by atoms with van der Waals surface area (Å²) < 4.78 is 52.0. The van der Waals surface area contributed by atoms with E-state index < -0.39 is 26.6 Å². The van der Waals surface area contributed by atoms with Gasteiger partial charge in [-0.3, -0.25) is 0 Å². The lowest BCUT2D eigenvalue weighted by molar-refractivity contribution is 0.532. The van der Waals surface area contributed by atoms with Crippen LogP contribution in [0.2, 0.25) is 0 Å². The van der Waals surface area contributed by atoms with Crippen LogP contribution in [-0.4, -0.2) is 27.5 Å². The first-order chi connectivity index (χ1) is 8.49. The molecule has 0 aromatic heterocycles. The molecular weight excluding hydrogens is 298 g/mol. The van der Waals surface area contributed by atoms with Gasteiger partial charge in [0.15, 0.2) is 0 Å². The van der Waals surface area contributed by atoms with Gasteiger partial charge in [-0.05, 0) is 31.5 Å². The minimum absolute atomic E-state index is 0. The zero-order chi connectivity index (χ0) is 13.2. The maximum Gasteiger partial charge on any atom is 0.243 e. The van der Waals surface area contributed by atoms with E-state index in [9.17, 15) is 17.2 Å². The molecule has 1 aromatic rings. The van der Waals surface area contributed by atoms with Crippen molar-refractivity contribution in [2.75, 3.05) is 13.1 Å². The lowest BCUT2D eigenvalue weighted by Gasteiger charge is -2.12. The first kappa shape index (κ1) is 16.3. The number of nitrogens with one attached hydrogen (secondary N) is 2. The van der Waals surface area contributed by atoms with E-state index in [0.29, 0.717) is 6.07 Å². The molecule has 1 aliphatic heterocycles. The van der Waals surface area contributed by atoms with Gasteiger partial charge in [0.25, 0.3) is 0 Å². The summed E-state index contributed by atoms with van der Waals surface area (Å²) in [6.45, 7) is 1.07. The molecule has 1 unspecified atom stereocenters. The second kappa shape index (κ2) is 6.60. The van der Waals surface area contributed by atoms with Crippen molar-refractivity contribution in [1.82, 2.24) is 10.0 Å². The van der Waals surface area contributed by atoms with Gasteiger partial charge in [0.05, 0.1) is 0 Å². The van der Waals surface area contributed by atoms with E-state index in [-0.39, 0.29) is 25.0 Å². The van der Waals surface area contributed by atoms with Crippen LogP contribution in [0.25, 0.3) is 0 Å². The van der Waals surface area contributed by atoms with Gasteiger partial charge in [0, 0.05) is 18.7 Å². The quantitative estimate of drug-likeness (QED) is 0.884. The average molecular weight is 313 g/mol. The number of halogens is 3. The fourth-order valence-electron chi connectivity index (χ4n) is 1.91. The summed E-state index contributed by atoms with van der Waals surface area (Å²) in [4.78, 5) is -0.526. The van der Waals surface area contributed by atoms with Crippen LogP contribution in [0.15, 0.2) is 23.1 Å². The van der Waals surface area contributed by atoms with E-state index in [4.69, 9.17) is 0 Å². The molecule has 0 amide bonds. The fourth-order valence-corrected chi connectivity index (χ4v) is 3.05. The first-order valence-electron chi connectivity index (χ1n) is 5.67. The summed E-state index contributed by atoms with van der Waals surface area (Å²) in [6, 6.07) is 2.48. The number of hydrogen-bond acceptors (Lipinski definition) is 3. The highest BCUT2D eigenvalue weighted by atomic mass is 35.5. The van der Waals surface area contributed by atoms with Crippen molar-refractivity contribution in [3.05, 3.63) is 29.8 Å². The standard InChI is InChI=1S/C11H14F2N2O2S.ClH/c12-8-3-4-11(10(13)6-8)18(16,17)15-7-9-2-1-5-14-9;/h3-4,6,9,14-15H,1-2,5,7H2;1H. The molecule has 0 spiro atoms. The topological polar surface area (TPSA) is 58.2 Å². The van der Waals surface area contributed by atoms with Gasteiger partial charge in [0.1, 0.15) is 16.5 Å². The van der Waals surface area contributed by atoms with E-state index in [2.05, 4.69) is 10.0 Å². The van der Waals surface area contributed by atoms with Crippen LogP contribution in [0.3, 0.4) is 0 Å². The maximum absolute atomic E-state index is 13.4. The van der Waals surface area contributed by atoms with Crippen LogP contribution in [-0.2, 0) is 10.0 Å². The molecule has 1 atom stereocenters. The van der Waals surface area contributed by atoms with Crippen LogP contribution in [0, 0.1) is 11.6 Å². The third-order valence-electron chi connectivity index (χ3n) is 2.87. The van der Waals surface area contributed by atoms with Crippen LogP contribution in [0.1, 0.15) is 12.8 Å². The average Bonchev–Trinajstić information content (AvgIpc) is 2.78. The normalized spacial score (nSPS) is 19.2. The molecule has 1 aromatic carbocycles. The smallest absolute Gasteiger partial charge is 0.243 e. The van der Waals surface area contributed by atoms with Crippen LogP contribution in [0.5, 0.6) is 0 Å². The van der Waals surface area contributed by atoms with Gasteiger partial charge in [-0.15, -0.1) is 12.4 Å². The molecule has 2 N–H and O–H groups in total. The van der Waals surface area contributed by atoms with Crippen LogP contribution < -0.4 is 10.0 Å². The minimum atomic E-state index is -3.93. The molecular formula is C11H15ClF2N2O2S. The Balaban J connectivity index is 0.00000180. The Labute approximate surface area is 117 Å². The molecule has 108 valence electrons. The molecule has 0 saturated carbocycles. The highest BCUT2D eigenvalue weighted by molar-refractivity contribution is 7.89. The Morgan fingerprint density at radius 2 is 2.11 bits per heavy atom. The lowest BCUT2D eigenvalue weighted by Crippen LogP contribution is -2.37. The zero-order valence-electron chi connectivity index (χ0n) is 10.0. The highest BCUT2D eigenvalue weighted by Gasteiger charge is 2.22. The Bertz CT molecular complexity index is 533. The second-order valence-corrected chi connectivity index (χ2v) is 5.96. The Hall–Kier alpha value is -0.760. The molecule has 4 nitrogen and oxygen atoms in total. The molecule has 0 radical (unpaired) electrons. The molecule has 8 heteroatoms. The Morgan fingerprint density at radius 1 is 1.37 bits per heavy atom. The van der Waals surface area contributed by atoms with Crippen molar-refractivity contribution in [2.24, 2.45) is 0 Å². The SMILES string of the molecule is Cl.O=S(=O)(NCC1CCCN1)c1ccc(F)cc1F. The van der Waals surface area contributed by atoms with Gasteiger partial charge in [-0.25, -0.2) is 21.9 Å². The summed E-state index contributed by atoms with van der Waals surface area (Å²) in [7, 11) is -3.93. The predicted molar refractivity (Wildman–Crippen MR) is 69.8 cm³/mol. The summed E-state index contributed by atoms with van der Waals surface area (Å²) >= 11 is 0. The summed E-state index contributed by atoms with van der Waals surface area (Å²) in [5.41, 5.74) is 0. The molecule has 0 aliphatic carbocycles. The van der Waals surface area contributed by atoms with Crippen molar-refractivity contribution < 1.29 is 17.2 Å². The second-order valence-electron chi connectivity index (χ2n) is 4.22. The number of hydrogen-bond donors (Lipinski definition) is 2. The molecule has 1 aliphatic rings. The monoisotopic (exact) mass is 312 g/mol. The minimum Gasteiger partial charge on any atom is -0.313 e. The van der Waals surface area contributed by atoms with E-state index in [0.717, 1.165) is 31.5 Å². The largest absolute Gasteiger partial charge is 0.313 e. The molecule has 0 bridgehead atoms. The van der Waals surface area contributed by atoms with Crippen molar-refractivity contribution in [2.45, 2.75) is 23.8 Å². The maximum atomic E-state index is 13.4. The third-order valence-corrected chi connectivity index (χ3v) is 4.32.